The molecule has 0 unspecified atom stereocenters. The first-order chi connectivity index (χ1) is 18.5. The highest BCUT2D eigenvalue weighted by molar-refractivity contribution is 5.89. The lowest BCUT2D eigenvalue weighted by Gasteiger charge is -2.38. The number of amides is 1. The summed E-state index contributed by atoms with van der Waals surface area (Å²) >= 11 is 0. The number of carbonyl (C=O) groups is 1. The van der Waals surface area contributed by atoms with Crippen molar-refractivity contribution in [1.82, 2.24) is 34.5 Å². The Bertz CT molecular complexity index is 1520. The number of anilines is 1. The van der Waals surface area contributed by atoms with Crippen molar-refractivity contribution >= 4 is 28.4 Å². The zero-order chi connectivity index (χ0) is 27.9. The number of piperidine rings is 1. The Labute approximate surface area is 208 Å². The third kappa shape index (κ3) is 4.29. The fourth-order valence-electron chi connectivity index (χ4n) is 4.38. The van der Waals surface area contributed by atoms with Crippen LogP contribution in [0.25, 0.3) is 27.7 Å². The quantitative estimate of drug-likeness (QED) is 0.412. The highest BCUT2D eigenvalue weighted by Gasteiger charge is 2.45. The average molecular weight is 506 g/mol. The number of ether oxygens (including phenoxy) is 1. The van der Waals surface area contributed by atoms with Crippen LogP contribution in [-0.4, -0.2) is 79.2 Å². The van der Waals surface area contributed by atoms with Gasteiger partial charge in [-0.1, -0.05) is 11.3 Å². The summed E-state index contributed by atoms with van der Waals surface area (Å²) in [6.07, 6.45) is 1.74. The van der Waals surface area contributed by atoms with Crippen molar-refractivity contribution in [3.63, 3.8) is 0 Å². The number of nitrogens with one attached hydrogen (secondary N) is 1. The first-order valence-electron chi connectivity index (χ1n) is 12.8. The molecule has 0 spiro atoms. The van der Waals surface area contributed by atoms with Gasteiger partial charge in [-0.2, -0.15) is 4.98 Å². The van der Waals surface area contributed by atoms with E-state index in [1.165, 1.54) is 11.6 Å². The summed E-state index contributed by atoms with van der Waals surface area (Å²) < 4.78 is 72.7. The second kappa shape index (κ2) is 9.28. The van der Waals surface area contributed by atoms with Gasteiger partial charge in [-0.3, -0.25) is 9.18 Å². The molecule has 0 saturated carbocycles. The van der Waals surface area contributed by atoms with Gasteiger partial charge >= 0.3 is 0 Å². The largest absolute Gasteiger partial charge is 0.479 e. The second-order valence-electron chi connectivity index (χ2n) is 8.50. The molecule has 1 aromatic carbocycles. The molecule has 1 fully saturated rings. The molecule has 1 aliphatic heterocycles. The second-order valence-corrected chi connectivity index (χ2v) is 8.50. The van der Waals surface area contributed by atoms with Gasteiger partial charge in [0.25, 0.3) is 5.92 Å². The van der Waals surface area contributed by atoms with Crippen molar-refractivity contribution in [1.29, 1.82) is 0 Å². The molecule has 4 heterocycles. The molecule has 190 valence electrons. The van der Waals surface area contributed by atoms with E-state index >= 15 is 0 Å². The van der Waals surface area contributed by atoms with Crippen LogP contribution in [0.15, 0.2) is 30.5 Å². The summed E-state index contributed by atoms with van der Waals surface area (Å²) in [4.78, 5) is 16.9. The molecule has 0 aliphatic carbocycles. The van der Waals surface area contributed by atoms with E-state index in [0.717, 1.165) is 11.1 Å². The Kier molecular flexibility index (Phi) is 5.24. The summed E-state index contributed by atoms with van der Waals surface area (Å²) in [6.45, 7) is -4.27. The van der Waals surface area contributed by atoms with Crippen LogP contribution in [-0.2, 0) is 11.3 Å². The Morgan fingerprint density at radius 1 is 1.36 bits per heavy atom. The molecule has 1 N–H and O–H groups in total. The maximum absolute atomic E-state index is 14.9. The number of benzene rings is 1. The van der Waals surface area contributed by atoms with Gasteiger partial charge in [0.2, 0.25) is 17.7 Å². The van der Waals surface area contributed by atoms with Gasteiger partial charge in [-0.15, -0.1) is 10.2 Å². The van der Waals surface area contributed by atoms with E-state index in [1.54, 1.807) is 23.0 Å². The molecule has 13 heteroatoms. The monoisotopic (exact) mass is 505 g/mol. The highest BCUT2D eigenvalue weighted by atomic mass is 19.3. The zero-order valence-corrected chi connectivity index (χ0v) is 19.3. The summed E-state index contributed by atoms with van der Waals surface area (Å²) in [5.41, 5.74) is 3.36. The Morgan fingerprint density at radius 2 is 2.22 bits per heavy atom. The van der Waals surface area contributed by atoms with Gasteiger partial charge in [0.15, 0.2) is 0 Å². The molecule has 1 saturated heterocycles. The summed E-state index contributed by atoms with van der Waals surface area (Å²) in [5, 5.41) is 15.2. The van der Waals surface area contributed by atoms with Gasteiger partial charge in [0, 0.05) is 35.8 Å². The average Bonchev–Trinajstić information content (AvgIpc) is 3.50. The summed E-state index contributed by atoms with van der Waals surface area (Å²) in [7, 11) is 1.40. The van der Waals surface area contributed by atoms with Gasteiger partial charge in [0.1, 0.15) is 11.0 Å². The van der Waals surface area contributed by atoms with Crippen molar-refractivity contribution < 1.29 is 26.8 Å². The van der Waals surface area contributed by atoms with Crippen LogP contribution in [0.3, 0.4) is 0 Å². The maximum Gasteiger partial charge on any atom is 0.285 e. The topological polar surface area (TPSA) is 102 Å². The SMILES string of the molecule is [2H]C([2H])([2H])C(=O)N1CC[C@@H](Nc2nc(OC)c3c(-c4ccc5nnn(CCCF)c5c4)ccn3n2)C(F)(F)C1. The lowest BCUT2D eigenvalue weighted by molar-refractivity contribution is -0.140. The summed E-state index contributed by atoms with van der Waals surface area (Å²) in [5.74, 6) is -4.72. The molecule has 4 aromatic rings. The van der Waals surface area contributed by atoms with E-state index in [0.29, 0.717) is 34.5 Å². The van der Waals surface area contributed by atoms with Crippen LogP contribution < -0.4 is 10.1 Å². The van der Waals surface area contributed by atoms with Crippen LogP contribution in [0.5, 0.6) is 5.88 Å². The fraction of sp³-hybridized carbons (Fsp3) is 0.435. The van der Waals surface area contributed by atoms with E-state index in [-0.39, 0.29) is 24.8 Å². The standard InChI is InChI=1S/C23H25F3N8O2/c1-14(35)32-10-7-19(23(25,26)13-32)27-22-28-21(36-2)20-16(6-11-34(20)30-22)15-4-5-17-18(12-15)33(31-29-17)9-3-8-24/h4-6,11-12,19H,3,7-10,13H2,1-2H3,(H,27,30)/t19-/m1/s1/i1D3. The fourth-order valence-corrected chi connectivity index (χ4v) is 4.38. The van der Waals surface area contributed by atoms with Crippen LogP contribution in [0.2, 0.25) is 0 Å². The minimum absolute atomic E-state index is 0.120. The van der Waals surface area contributed by atoms with Crippen LogP contribution in [0.4, 0.5) is 19.1 Å². The minimum atomic E-state index is -3.43. The van der Waals surface area contributed by atoms with Crippen molar-refractivity contribution in [2.24, 2.45) is 0 Å². The molecule has 5 rings (SSSR count). The number of likely N-dealkylation sites (tertiary alicyclic amines) is 1. The van der Waals surface area contributed by atoms with Gasteiger partial charge in [-0.25, -0.2) is 18.0 Å². The molecule has 1 aliphatic rings. The molecule has 3 aromatic heterocycles. The number of alkyl halides is 3. The number of hydrogen-bond acceptors (Lipinski definition) is 7. The highest BCUT2D eigenvalue weighted by Crippen LogP contribution is 2.34. The Hall–Kier alpha value is -3.90. The van der Waals surface area contributed by atoms with E-state index in [9.17, 15) is 18.0 Å². The smallest absolute Gasteiger partial charge is 0.285 e. The number of aromatic nitrogens is 6. The molecule has 0 bridgehead atoms. The van der Waals surface area contributed by atoms with Gasteiger partial charge < -0.3 is 15.0 Å². The number of aryl methyl sites for hydroxylation is 1. The Morgan fingerprint density at radius 3 is 2.97 bits per heavy atom. The van der Waals surface area contributed by atoms with Crippen LogP contribution in [0, 0.1) is 0 Å². The number of carbonyl (C=O) groups excluding carboxylic acids is 1. The lowest BCUT2D eigenvalue weighted by atomic mass is 10.0. The number of halogens is 3. The van der Waals surface area contributed by atoms with Gasteiger partial charge in [-0.05, 0) is 36.6 Å². The number of methoxy groups -OCH3 is 1. The third-order valence-corrected chi connectivity index (χ3v) is 6.19. The first-order valence-corrected chi connectivity index (χ1v) is 11.3. The van der Waals surface area contributed by atoms with E-state index in [2.05, 4.69) is 25.7 Å². The number of nitrogens with zero attached hydrogens (tertiary/aromatic N) is 7. The van der Waals surface area contributed by atoms with Crippen LogP contribution >= 0.6 is 0 Å². The lowest BCUT2D eigenvalue weighted by Crippen LogP contribution is -2.55. The molecule has 1 amide bonds. The van der Waals surface area contributed by atoms with Crippen LogP contribution in [0.1, 0.15) is 23.8 Å². The van der Waals surface area contributed by atoms with Crippen molar-refractivity contribution in [2.75, 3.05) is 32.2 Å². The predicted molar refractivity (Wildman–Crippen MR) is 126 cm³/mol. The molecule has 36 heavy (non-hydrogen) atoms. The third-order valence-electron chi connectivity index (χ3n) is 6.19. The molecule has 0 radical (unpaired) electrons. The van der Waals surface area contributed by atoms with Gasteiger partial charge in [0.05, 0.1) is 31.9 Å². The molecule has 10 nitrogen and oxygen atoms in total. The van der Waals surface area contributed by atoms with E-state index < -0.39 is 37.9 Å². The maximum atomic E-state index is 14.9. The van der Waals surface area contributed by atoms with E-state index in [1.807, 2.05) is 12.1 Å². The zero-order valence-electron chi connectivity index (χ0n) is 22.3. The number of fused-ring (bicyclic) bond motifs is 2. The molecular formula is C23H25F3N8O2. The predicted octanol–water partition coefficient (Wildman–Crippen LogP) is 3.18. The minimum Gasteiger partial charge on any atom is -0.479 e. The van der Waals surface area contributed by atoms with Crippen molar-refractivity contribution in [2.45, 2.75) is 38.2 Å². The van der Waals surface area contributed by atoms with Crippen molar-refractivity contribution in [3.05, 3.63) is 30.5 Å². The molecule has 1 atom stereocenters. The first kappa shape index (κ1) is 20.3. The number of hydrogen-bond donors (Lipinski definition) is 1. The summed E-state index contributed by atoms with van der Waals surface area (Å²) in [6, 6.07) is 5.84. The number of rotatable bonds is 7. The molecular weight excluding hydrogens is 477 g/mol. The van der Waals surface area contributed by atoms with Crippen molar-refractivity contribution in [3.8, 4) is 17.0 Å². The Balaban J connectivity index is 1.43. The normalized spacial score (nSPS) is 19.2. The van der Waals surface area contributed by atoms with E-state index in [4.69, 9.17) is 8.85 Å².